The first kappa shape index (κ1) is 17.3. The summed E-state index contributed by atoms with van der Waals surface area (Å²) < 4.78 is 4.82. The highest BCUT2D eigenvalue weighted by Gasteiger charge is 2.32. The lowest BCUT2D eigenvalue weighted by Crippen LogP contribution is -2.51. The average Bonchev–Trinajstić information content (AvgIpc) is 2.45. The number of nitrogens with one attached hydrogen (secondary N) is 1. The zero-order valence-electron chi connectivity index (χ0n) is 12.6. The molecule has 0 saturated heterocycles. The van der Waals surface area contributed by atoms with Crippen LogP contribution < -0.4 is 5.32 Å². The van der Waals surface area contributed by atoms with Gasteiger partial charge in [-0.2, -0.15) is 0 Å². The Morgan fingerprint density at radius 1 is 1.24 bits per heavy atom. The van der Waals surface area contributed by atoms with Crippen LogP contribution in [0.15, 0.2) is 0 Å². The largest absolute Gasteiger partial charge is 0.481 e. The summed E-state index contributed by atoms with van der Waals surface area (Å²) in [5.74, 6) is -1.90. The summed E-state index contributed by atoms with van der Waals surface area (Å²) in [4.78, 5) is 36.1. The second-order valence-electron chi connectivity index (χ2n) is 5.10. The predicted octanol–water partition coefficient (Wildman–Crippen LogP) is 1.22. The fourth-order valence-corrected chi connectivity index (χ4v) is 2.54. The number of carboxylic acid groups (broad SMARTS) is 1. The summed E-state index contributed by atoms with van der Waals surface area (Å²) >= 11 is 0. The molecule has 0 bridgehead atoms. The lowest BCUT2D eigenvalue weighted by Gasteiger charge is -2.31. The molecule has 0 aromatic rings. The molecule has 7 heteroatoms. The number of hydrogen-bond acceptors (Lipinski definition) is 4. The van der Waals surface area contributed by atoms with E-state index in [0.717, 1.165) is 12.8 Å². The Bertz CT molecular complexity index is 386. The van der Waals surface area contributed by atoms with Crippen molar-refractivity contribution in [1.82, 2.24) is 10.2 Å². The van der Waals surface area contributed by atoms with Crippen molar-refractivity contribution in [2.75, 3.05) is 19.7 Å². The Labute approximate surface area is 124 Å². The Morgan fingerprint density at radius 2 is 1.90 bits per heavy atom. The minimum Gasteiger partial charge on any atom is -0.481 e. The summed E-state index contributed by atoms with van der Waals surface area (Å²) in [6, 6.07) is -0.788. The lowest BCUT2D eigenvalue weighted by atomic mass is 9.84. The maximum Gasteiger partial charge on any atom is 0.325 e. The van der Waals surface area contributed by atoms with Crippen LogP contribution in [0.4, 0.5) is 4.79 Å². The van der Waals surface area contributed by atoms with E-state index in [1.165, 1.54) is 4.90 Å². The van der Waals surface area contributed by atoms with Crippen molar-refractivity contribution < 1.29 is 24.2 Å². The second-order valence-corrected chi connectivity index (χ2v) is 5.10. The molecule has 2 amide bonds. The predicted molar refractivity (Wildman–Crippen MR) is 75.8 cm³/mol. The SMILES string of the molecule is CCOC(=O)CN(CC)C(=O)NC1CCCCC1C(=O)O. The van der Waals surface area contributed by atoms with Crippen molar-refractivity contribution in [3.05, 3.63) is 0 Å². The molecule has 0 radical (unpaired) electrons. The molecule has 7 nitrogen and oxygen atoms in total. The van der Waals surface area contributed by atoms with Gasteiger partial charge in [-0.3, -0.25) is 9.59 Å². The highest BCUT2D eigenvalue weighted by molar-refractivity contribution is 5.81. The third-order valence-electron chi connectivity index (χ3n) is 3.69. The van der Waals surface area contributed by atoms with Crippen LogP contribution in [0.3, 0.4) is 0 Å². The Kier molecular flexibility index (Phi) is 6.98. The van der Waals surface area contributed by atoms with Crippen molar-refractivity contribution in [2.45, 2.75) is 45.6 Å². The van der Waals surface area contributed by atoms with Crippen molar-refractivity contribution in [1.29, 1.82) is 0 Å². The van der Waals surface area contributed by atoms with E-state index >= 15 is 0 Å². The fourth-order valence-electron chi connectivity index (χ4n) is 2.54. The van der Waals surface area contributed by atoms with Gasteiger partial charge in [0.1, 0.15) is 6.54 Å². The average molecular weight is 300 g/mol. The highest BCUT2D eigenvalue weighted by atomic mass is 16.5. The first-order chi connectivity index (χ1) is 9.99. The summed E-state index contributed by atoms with van der Waals surface area (Å²) in [6.07, 6.45) is 2.99. The van der Waals surface area contributed by atoms with Gasteiger partial charge in [0.2, 0.25) is 0 Å². The number of ether oxygens (including phenoxy) is 1. The van der Waals surface area contributed by atoms with Gasteiger partial charge in [-0.25, -0.2) is 4.79 Å². The molecule has 2 atom stereocenters. The second kappa shape index (κ2) is 8.49. The quantitative estimate of drug-likeness (QED) is 0.719. The normalized spacial score (nSPS) is 21.4. The number of carbonyl (C=O) groups excluding carboxylic acids is 2. The zero-order valence-corrected chi connectivity index (χ0v) is 12.6. The molecule has 0 heterocycles. The number of carboxylic acids is 1. The zero-order chi connectivity index (χ0) is 15.8. The number of carbonyl (C=O) groups is 3. The topological polar surface area (TPSA) is 95.9 Å². The first-order valence-electron chi connectivity index (χ1n) is 7.43. The van der Waals surface area contributed by atoms with Gasteiger partial charge >= 0.3 is 18.0 Å². The molecule has 21 heavy (non-hydrogen) atoms. The van der Waals surface area contributed by atoms with Gasteiger partial charge in [0.25, 0.3) is 0 Å². The lowest BCUT2D eigenvalue weighted by molar-refractivity contribution is -0.145. The van der Waals surface area contributed by atoms with Crippen molar-refractivity contribution >= 4 is 18.0 Å². The van der Waals surface area contributed by atoms with Crippen LogP contribution in [0.2, 0.25) is 0 Å². The molecule has 2 unspecified atom stereocenters. The molecule has 1 rings (SSSR count). The summed E-state index contributed by atoms with van der Waals surface area (Å²) in [7, 11) is 0. The highest BCUT2D eigenvalue weighted by Crippen LogP contribution is 2.24. The van der Waals surface area contributed by atoms with E-state index in [1.807, 2.05) is 0 Å². The van der Waals surface area contributed by atoms with Crippen molar-refractivity contribution in [3.63, 3.8) is 0 Å². The minimum absolute atomic E-state index is 0.124. The van der Waals surface area contributed by atoms with Crippen LogP contribution >= 0.6 is 0 Å². The molecule has 1 saturated carbocycles. The fraction of sp³-hybridized carbons (Fsp3) is 0.786. The summed E-state index contributed by atoms with van der Waals surface area (Å²) in [6.45, 7) is 3.96. The van der Waals surface area contributed by atoms with E-state index in [0.29, 0.717) is 19.4 Å². The van der Waals surface area contributed by atoms with E-state index < -0.39 is 23.9 Å². The standard InChI is InChI=1S/C14H24N2O5/c1-3-16(9-12(17)21-4-2)14(20)15-11-8-6-5-7-10(11)13(18)19/h10-11H,3-9H2,1-2H3,(H,15,20)(H,18,19). The smallest absolute Gasteiger partial charge is 0.325 e. The molecule has 0 aromatic carbocycles. The van der Waals surface area contributed by atoms with Crippen LogP contribution in [0, 0.1) is 5.92 Å². The molecular weight excluding hydrogens is 276 g/mol. The maximum absolute atomic E-state index is 12.2. The van der Waals surface area contributed by atoms with E-state index in [4.69, 9.17) is 4.74 Å². The number of likely N-dealkylation sites (N-methyl/N-ethyl adjacent to an activating group) is 1. The number of hydrogen-bond donors (Lipinski definition) is 2. The van der Waals surface area contributed by atoms with E-state index in [2.05, 4.69) is 5.32 Å². The molecule has 2 N–H and O–H groups in total. The number of amides is 2. The Morgan fingerprint density at radius 3 is 2.48 bits per heavy atom. The molecule has 0 aliphatic heterocycles. The van der Waals surface area contributed by atoms with Crippen LogP contribution in [0.5, 0.6) is 0 Å². The van der Waals surface area contributed by atoms with Crippen molar-refractivity contribution in [2.24, 2.45) is 5.92 Å². The van der Waals surface area contributed by atoms with Gasteiger partial charge in [0.05, 0.1) is 12.5 Å². The number of nitrogens with zero attached hydrogens (tertiary/aromatic N) is 1. The summed E-state index contributed by atoms with van der Waals surface area (Å²) in [5, 5.41) is 11.9. The summed E-state index contributed by atoms with van der Waals surface area (Å²) in [5.41, 5.74) is 0. The third kappa shape index (κ3) is 5.24. The van der Waals surface area contributed by atoms with E-state index in [-0.39, 0.29) is 19.2 Å². The van der Waals surface area contributed by atoms with Crippen LogP contribution in [0.1, 0.15) is 39.5 Å². The van der Waals surface area contributed by atoms with E-state index in [1.54, 1.807) is 13.8 Å². The van der Waals surface area contributed by atoms with Crippen molar-refractivity contribution in [3.8, 4) is 0 Å². The number of rotatable bonds is 6. The molecule has 120 valence electrons. The molecule has 1 aliphatic rings. The number of urea groups is 1. The van der Waals surface area contributed by atoms with Gasteiger partial charge < -0.3 is 20.1 Å². The van der Waals surface area contributed by atoms with Crippen LogP contribution in [-0.4, -0.2) is 53.7 Å². The van der Waals surface area contributed by atoms with Gasteiger partial charge in [0.15, 0.2) is 0 Å². The molecule has 0 aromatic heterocycles. The van der Waals surface area contributed by atoms with Gasteiger partial charge in [-0.15, -0.1) is 0 Å². The molecular formula is C14H24N2O5. The Balaban J connectivity index is 2.59. The van der Waals surface area contributed by atoms with E-state index in [9.17, 15) is 19.5 Å². The molecule has 1 aliphatic carbocycles. The minimum atomic E-state index is -0.881. The van der Waals surface area contributed by atoms with Crippen LogP contribution in [0.25, 0.3) is 0 Å². The van der Waals surface area contributed by atoms with Gasteiger partial charge in [-0.1, -0.05) is 12.8 Å². The number of aliphatic carboxylic acids is 1. The molecule has 1 fully saturated rings. The molecule has 0 spiro atoms. The van der Waals surface area contributed by atoms with Crippen LogP contribution in [-0.2, 0) is 14.3 Å². The monoisotopic (exact) mass is 300 g/mol. The Hall–Kier alpha value is -1.79. The third-order valence-corrected chi connectivity index (χ3v) is 3.69. The van der Waals surface area contributed by atoms with Gasteiger partial charge in [0, 0.05) is 12.6 Å². The maximum atomic E-state index is 12.2. The number of esters is 1. The van der Waals surface area contributed by atoms with Gasteiger partial charge in [-0.05, 0) is 26.7 Å². The first-order valence-corrected chi connectivity index (χ1v) is 7.43.